The van der Waals surface area contributed by atoms with E-state index in [2.05, 4.69) is 27.7 Å². The molecule has 0 saturated carbocycles. The molecule has 1 aromatic heterocycles. The first-order valence-electron chi connectivity index (χ1n) is 4.75. The Kier molecular flexibility index (Phi) is 6.54. The summed E-state index contributed by atoms with van der Waals surface area (Å²) in [5, 5.41) is 0. The van der Waals surface area contributed by atoms with Crippen molar-refractivity contribution in [1.82, 2.24) is 0 Å². The highest BCUT2D eigenvalue weighted by molar-refractivity contribution is 5.02. The van der Waals surface area contributed by atoms with E-state index in [0.717, 1.165) is 5.76 Å². The third kappa shape index (κ3) is 5.00. The molecule has 0 aliphatic heterocycles. The van der Waals surface area contributed by atoms with Crippen LogP contribution in [-0.4, -0.2) is 0 Å². The fourth-order valence-electron chi connectivity index (χ4n) is 0.620. The van der Waals surface area contributed by atoms with Crippen LogP contribution in [0.15, 0.2) is 22.8 Å². The van der Waals surface area contributed by atoms with Crippen molar-refractivity contribution in [2.75, 3.05) is 0 Å². The summed E-state index contributed by atoms with van der Waals surface area (Å²) in [5.41, 5.74) is 0. The van der Waals surface area contributed by atoms with Gasteiger partial charge in [-0.25, -0.2) is 0 Å². The molecule has 1 heteroatoms. The minimum absolute atomic E-state index is 0.519. The highest BCUT2D eigenvalue weighted by atomic mass is 16.3. The van der Waals surface area contributed by atoms with Crippen molar-refractivity contribution < 1.29 is 4.42 Å². The van der Waals surface area contributed by atoms with Crippen LogP contribution >= 0.6 is 0 Å². The molecule has 0 aliphatic rings. The van der Waals surface area contributed by atoms with Gasteiger partial charge in [-0.2, -0.15) is 0 Å². The third-order valence-electron chi connectivity index (χ3n) is 1.61. The number of unbranched alkanes of at least 4 members (excludes halogenated alkanes) is 1. The van der Waals surface area contributed by atoms with E-state index in [4.69, 9.17) is 4.42 Å². The van der Waals surface area contributed by atoms with Crippen molar-refractivity contribution in [3.05, 3.63) is 24.2 Å². The van der Waals surface area contributed by atoms with Crippen LogP contribution in [0.25, 0.3) is 0 Å². The highest BCUT2D eigenvalue weighted by Gasteiger charge is 1.97. The Morgan fingerprint density at radius 3 is 2.00 bits per heavy atom. The topological polar surface area (TPSA) is 13.1 Å². The second-order valence-corrected chi connectivity index (χ2v) is 3.17. The van der Waals surface area contributed by atoms with Gasteiger partial charge >= 0.3 is 0 Å². The Labute approximate surface area is 75.8 Å². The molecule has 0 N–H and O–H groups in total. The lowest BCUT2D eigenvalue weighted by atomic mass is 10.2. The molecule has 1 nitrogen and oxygen atoms in total. The molecule has 0 bridgehead atoms. The van der Waals surface area contributed by atoms with Gasteiger partial charge in [0.1, 0.15) is 5.76 Å². The largest absolute Gasteiger partial charge is 0.469 e. The van der Waals surface area contributed by atoms with Crippen LogP contribution in [0.3, 0.4) is 0 Å². The molecule has 70 valence electrons. The SMILES string of the molecule is CC(C)c1ccco1.CCCC. The summed E-state index contributed by atoms with van der Waals surface area (Å²) >= 11 is 0. The number of hydrogen-bond acceptors (Lipinski definition) is 1. The van der Waals surface area contributed by atoms with Crippen LogP contribution in [0, 0.1) is 0 Å². The number of rotatable bonds is 2. The quantitative estimate of drug-likeness (QED) is 0.644. The van der Waals surface area contributed by atoms with Gasteiger partial charge in [-0.3, -0.25) is 0 Å². The summed E-state index contributed by atoms with van der Waals surface area (Å²) < 4.78 is 5.09. The van der Waals surface area contributed by atoms with E-state index in [1.54, 1.807) is 6.26 Å². The zero-order valence-electron chi connectivity index (χ0n) is 8.63. The lowest BCUT2D eigenvalue weighted by Crippen LogP contribution is -1.79. The molecule has 0 unspecified atom stereocenters. The van der Waals surface area contributed by atoms with E-state index in [9.17, 15) is 0 Å². The van der Waals surface area contributed by atoms with Crippen molar-refractivity contribution in [3.63, 3.8) is 0 Å². The molecular weight excluding hydrogens is 148 g/mol. The second-order valence-electron chi connectivity index (χ2n) is 3.17. The van der Waals surface area contributed by atoms with E-state index in [0.29, 0.717) is 5.92 Å². The van der Waals surface area contributed by atoms with E-state index >= 15 is 0 Å². The molecule has 0 fully saturated rings. The third-order valence-corrected chi connectivity index (χ3v) is 1.61. The molecule has 0 spiro atoms. The first kappa shape index (κ1) is 11.3. The van der Waals surface area contributed by atoms with Crippen LogP contribution in [0.4, 0.5) is 0 Å². The normalized spacial score (nSPS) is 9.42. The summed E-state index contributed by atoms with van der Waals surface area (Å²) in [7, 11) is 0. The summed E-state index contributed by atoms with van der Waals surface area (Å²) in [4.78, 5) is 0. The van der Waals surface area contributed by atoms with Crippen LogP contribution in [0.1, 0.15) is 52.2 Å². The molecule has 1 rings (SSSR count). The maximum absolute atomic E-state index is 5.09. The van der Waals surface area contributed by atoms with Gasteiger partial charge in [0, 0.05) is 5.92 Å². The Morgan fingerprint density at radius 1 is 1.25 bits per heavy atom. The molecule has 12 heavy (non-hydrogen) atoms. The second kappa shape index (κ2) is 6.96. The van der Waals surface area contributed by atoms with Gasteiger partial charge in [-0.1, -0.05) is 40.5 Å². The zero-order chi connectivity index (χ0) is 9.40. The van der Waals surface area contributed by atoms with Gasteiger partial charge in [0.05, 0.1) is 6.26 Å². The van der Waals surface area contributed by atoms with Gasteiger partial charge in [-0.15, -0.1) is 0 Å². The van der Waals surface area contributed by atoms with Crippen LogP contribution in [0.5, 0.6) is 0 Å². The minimum atomic E-state index is 0.519. The van der Waals surface area contributed by atoms with Gasteiger partial charge in [0.25, 0.3) is 0 Å². The van der Waals surface area contributed by atoms with E-state index in [1.807, 2.05) is 12.1 Å². The smallest absolute Gasteiger partial charge is 0.106 e. The van der Waals surface area contributed by atoms with Crippen LogP contribution in [0.2, 0.25) is 0 Å². The average molecular weight is 168 g/mol. The summed E-state index contributed by atoms with van der Waals surface area (Å²) in [6.07, 6.45) is 4.34. The van der Waals surface area contributed by atoms with E-state index < -0.39 is 0 Å². The average Bonchev–Trinajstić information content (AvgIpc) is 2.57. The zero-order valence-corrected chi connectivity index (χ0v) is 8.63. The van der Waals surface area contributed by atoms with Gasteiger partial charge < -0.3 is 4.42 Å². The van der Waals surface area contributed by atoms with E-state index in [1.165, 1.54) is 12.8 Å². The molecule has 1 heterocycles. The molecule has 0 aliphatic carbocycles. The number of furan rings is 1. The molecule has 0 atom stereocenters. The van der Waals surface area contributed by atoms with Crippen LogP contribution < -0.4 is 0 Å². The van der Waals surface area contributed by atoms with E-state index in [-0.39, 0.29) is 0 Å². The minimum Gasteiger partial charge on any atom is -0.469 e. The Bertz CT molecular complexity index is 161. The lowest BCUT2D eigenvalue weighted by Gasteiger charge is -1.94. The Hall–Kier alpha value is -0.720. The lowest BCUT2D eigenvalue weighted by molar-refractivity contribution is 0.487. The van der Waals surface area contributed by atoms with Crippen molar-refractivity contribution >= 4 is 0 Å². The summed E-state index contributed by atoms with van der Waals surface area (Å²) in [6.45, 7) is 8.58. The molecule has 1 aromatic rings. The van der Waals surface area contributed by atoms with Crippen LogP contribution in [-0.2, 0) is 0 Å². The highest BCUT2D eigenvalue weighted by Crippen LogP contribution is 2.12. The number of hydrogen-bond donors (Lipinski definition) is 0. The molecule has 0 amide bonds. The van der Waals surface area contributed by atoms with Crippen molar-refractivity contribution in [2.45, 2.75) is 46.5 Å². The first-order chi connectivity index (χ1) is 5.72. The van der Waals surface area contributed by atoms with Crippen molar-refractivity contribution in [1.29, 1.82) is 0 Å². The summed E-state index contributed by atoms with van der Waals surface area (Å²) in [6, 6.07) is 3.90. The molecule has 0 radical (unpaired) electrons. The molecule has 0 aromatic carbocycles. The fourth-order valence-corrected chi connectivity index (χ4v) is 0.620. The standard InChI is InChI=1S/C7H10O.C4H10/c1-6(2)7-4-3-5-8-7;1-3-4-2/h3-6H,1-2H3;3-4H2,1-2H3. The predicted octanol–water partition coefficient (Wildman–Crippen LogP) is 4.21. The molecular formula is C11H20O. The monoisotopic (exact) mass is 168 g/mol. The van der Waals surface area contributed by atoms with Gasteiger partial charge in [0.15, 0.2) is 0 Å². The summed E-state index contributed by atoms with van der Waals surface area (Å²) in [5.74, 6) is 1.58. The maximum atomic E-state index is 5.09. The predicted molar refractivity (Wildman–Crippen MR) is 53.4 cm³/mol. The fraction of sp³-hybridized carbons (Fsp3) is 0.636. The van der Waals surface area contributed by atoms with Crippen molar-refractivity contribution in [2.24, 2.45) is 0 Å². The van der Waals surface area contributed by atoms with Crippen molar-refractivity contribution in [3.8, 4) is 0 Å². The Balaban J connectivity index is 0.000000261. The Morgan fingerprint density at radius 2 is 1.83 bits per heavy atom. The maximum Gasteiger partial charge on any atom is 0.106 e. The molecule has 0 saturated heterocycles. The van der Waals surface area contributed by atoms with Gasteiger partial charge in [-0.05, 0) is 12.1 Å². The van der Waals surface area contributed by atoms with Gasteiger partial charge in [0.2, 0.25) is 0 Å². The first-order valence-corrected chi connectivity index (χ1v) is 4.75.